The Bertz CT molecular complexity index is 629. The van der Waals surface area contributed by atoms with Crippen molar-refractivity contribution in [1.29, 1.82) is 0 Å². The lowest BCUT2D eigenvalue weighted by atomic mass is 10.3. The number of rotatable bonds is 6. The summed E-state index contributed by atoms with van der Waals surface area (Å²) in [6, 6.07) is 4.22. The van der Waals surface area contributed by atoms with Gasteiger partial charge in [-0.25, -0.2) is 13.2 Å². The predicted molar refractivity (Wildman–Crippen MR) is 69.6 cm³/mol. The SMILES string of the molecule is CC(O)CNC(=O)ONS(=O)(=O)c1cccc([N+](=O)[O-])c1. The average molecular weight is 319 g/mol. The lowest BCUT2D eigenvalue weighted by Gasteiger charge is -2.09. The second-order valence-electron chi connectivity index (χ2n) is 3.96. The topological polar surface area (TPSA) is 148 Å². The molecule has 0 fully saturated rings. The van der Waals surface area contributed by atoms with Crippen LogP contribution in [0.4, 0.5) is 10.5 Å². The Kier molecular flexibility index (Phi) is 5.58. The minimum Gasteiger partial charge on any atom is -0.392 e. The molecular formula is C10H13N3O7S. The fourth-order valence-electron chi connectivity index (χ4n) is 1.17. The fourth-order valence-corrected chi connectivity index (χ4v) is 1.99. The zero-order valence-corrected chi connectivity index (χ0v) is 11.7. The van der Waals surface area contributed by atoms with Crippen molar-refractivity contribution in [2.24, 2.45) is 0 Å². The van der Waals surface area contributed by atoms with Gasteiger partial charge in [-0.3, -0.25) is 10.1 Å². The van der Waals surface area contributed by atoms with E-state index in [4.69, 9.17) is 5.11 Å². The van der Waals surface area contributed by atoms with Crippen LogP contribution in [0.3, 0.4) is 0 Å². The van der Waals surface area contributed by atoms with Crippen LogP contribution in [-0.2, 0) is 14.9 Å². The number of aliphatic hydroxyl groups is 1. The highest BCUT2D eigenvalue weighted by Gasteiger charge is 2.19. The van der Waals surface area contributed by atoms with Crippen LogP contribution in [0.5, 0.6) is 0 Å². The van der Waals surface area contributed by atoms with Gasteiger partial charge < -0.3 is 15.3 Å². The molecule has 11 heteroatoms. The normalized spacial score (nSPS) is 12.5. The molecule has 0 aliphatic rings. The summed E-state index contributed by atoms with van der Waals surface area (Å²) >= 11 is 0. The van der Waals surface area contributed by atoms with Crippen molar-refractivity contribution in [2.45, 2.75) is 17.9 Å². The first-order chi connectivity index (χ1) is 9.72. The van der Waals surface area contributed by atoms with Gasteiger partial charge in [-0.2, -0.15) is 0 Å². The fraction of sp³-hybridized carbons (Fsp3) is 0.300. The molecule has 1 amide bonds. The van der Waals surface area contributed by atoms with E-state index in [1.54, 1.807) is 0 Å². The highest BCUT2D eigenvalue weighted by molar-refractivity contribution is 7.89. The summed E-state index contributed by atoms with van der Waals surface area (Å²) in [5.74, 6) is 0. The third-order valence-electron chi connectivity index (χ3n) is 2.12. The van der Waals surface area contributed by atoms with Gasteiger partial charge in [0.2, 0.25) is 0 Å². The third-order valence-corrected chi connectivity index (χ3v) is 3.30. The monoisotopic (exact) mass is 319 g/mol. The number of nitrogens with zero attached hydrogens (tertiary/aromatic N) is 1. The van der Waals surface area contributed by atoms with Gasteiger partial charge in [-0.1, -0.05) is 6.07 Å². The Hall–Kier alpha value is -2.24. The summed E-state index contributed by atoms with van der Waals surface area (Å²) in [5.41, 5.74) is -0.420. The van der Waals surface area contributed by atoms with E-state index in [0.29, 0.717) is 0 Å². The maximum absolute atomic E-state index is 11.8. The minimum atomic E-state index is -4.25. The van der Waals surface area contributed by atoms with Crippen molar-refractivity contribution in [1.82, 2.24) is 10.2 Å². The number of hydrogen-bond acceptors (Lipinski definition) is 7. The van der Waals surface area contributed by atoms with Gasteiger partial charge in [-0.05, 0) is 17.9 Å². The predicted octanol–water partition coefficient (Wildman–Crippen LogP) is -0.105. The second kappa shape index (κ2) is 6.97. The molecule has 116 valence electrons. The summed E-state index contributed by atoms with van der Waals surface area (Å²) in [4.78, 5) is 26.3. The van der Waals surface area contributed by atoms with Gasteiger partial charge in [0, 0.05) is 18.7 Å². The number of benzene rings is 1. The number of non-ortho nitro benzene ring substituents is 1. The van der Waals surface area contributed by atoms with Crippen LogP contribution in [-0.4, -0.2) is 37.2 Å². The van der Waals surface area contributed by atoms with Crippen molar-refractivity contribution in [3.05, 3.63) is 34.4 Å². The van der Waals surface area contributed by atoms with Gasteiger partial charge >= 0.3 is 6.09 Å². The number of carbonyl (C=O) groups excluding carboxylic acids is 1. The summed E-state index contributed by atoms with van der Waals surface area (Å²) < 4.78 is 23.5. The van der Waals surface area contributed by atoms with Crippen LogP contribution < -0.4 is 10.2 Å². The molecule has 0 spiro atoms. The molecule has 1 aromatic carbocycles. The minimum absolute atomic E-state index is 0.128. The highest BCUT2D eigenvalue weighted by Crippen LogP contribution is 2.16. The third kappa shape index (κ3) is 5.33. The molecule has 1 unspecified atom stereocenters. The van der Waals surface area contributed by atoms with E-state index in [9.17, 15) is 23.3 Å². The second-order valence-corrected chi connectivity index (χ2v) is 5.61. The summed E-state index contributed by atoms with van der Waals surface area (Å²) in [5, 5.41) is 21.6. The largest absolute Gasteiger partial charge is 0.427 e. The number of nitro groups is 1. The molecule has 0 saturated carbocycles. The average Bonchev–Trinajstić information content (AvgIpc) is 2.43. The van der Waals surface area contributed by atoms with Gasteiger partial charge in [0.25, 0.3) is 15.7 Å². The molecular weight excluding hydrogens is 306 g/mol. The maximum Gasteiger partial charge on any atom is 0.427 e. The molecule has 0 radical (unpaired) electrons. The van der Waals surface area contributed by atoms with Crippen LogP contribution in [0.25, 0.3) is 0 Å². The molecule has 0 aromatic heterocycles. The molecule has 0 heterocycles. The van der Waals surface area contributed by atoms with Crippen molar-refractivity contribution in [2.75, 3.05) is 6.54 Å². The Morgan fingerprint density at radius 1 is 1.52 bits per heavy atom. The van der Waals surface area contributed by atoms with Crippen molar-refractivity contribution in [3.8, 4) is 0 Å². The van der Waals surface area contributed by atoms with Crippen molar-refractivity contribution >= 4 is 21.8 Å². The first kappa shape index (κ1) is 16.8. The van der Waals surface area contributed by atoms with Gasteiger partial charge in [0.05, 0.1) is 15.9 Å². The number of nitrogens with one attached hydrogen (secondary N) is 2. The quantitative estimate of drug-likeness (QED) is 0.489. The zero-order valence-electron chi connectivity index (χ0n) is 10.8. The summed E-state index contributed by atoms with van der Waals surface area (Å²) in [6.07, 6.45) is -1.95. The molecule has 0 aliphatic heterocycles. The van der Waals surface area contributed by atoms with E-state index in [1.165, 1.54) is 17.9 Å². The Balaban J connectivity index is 2.71. The molecule has 0 saturated heterocycles. The number of aliphatic hydroxyl groups excluding tert-OH is 1. The van der Waals surface area contributed by atoms with Gasteiger partial charge in [-0.15, -0.1) is 0 Å². The molecule has 1 rings (SSSR count). The molecule has 3 N–H and O–H groups in total. The molecule has 0 bridgehead atoms. The van der Waals surface area contributed by atoms with E-state index in [1.807, 2.05) is 0 Å². The summed E-state index contributed by atoms with van der Waals surface area (Å²) in [6.45, 7) is 1.28. The van der Waals surface area contributed by atoms with Crippen LogP contribution in [0.1, 0.15) is 6.92 Å². The van der Waals surface area contributed by atoms with E-state index in [0.717, 1.165) is 18.2 Å². The lowest BCUT2D eigenvalue weighted by molar-refractivity contribution is -0.385. The van der Waals surface area contributed by atoms with Crippen molar-refractivity contribution in [3.63, 3.8) is 0 Å². The molecule has 0 aliphatic carbocycles. The van der Waals surface area contributed by atoms with E-state index in [-0.39, 0.29) is 6.54 Å². The molecule has 10 nitrogen and oxygen atoms in total. The lowest BCUT2D eigenvalue weighted by Crippen LogP contribution is -2.36. The van der Waals surface area contributed by atoms with Gasteiger partial charge in [0.15, 0.2) is 0 Å². The summed E-state index contributed by atoms with van der Waals surface area (Å²) in [7, 11) is -4.25. The van der Waals surface area contributed by atoms with E-state index in [2.05, 4.69) is 10.2 Å². The maximum atomic E-state index is 11.8. The number of amides is 1. The number of carbonyl (C=O) groups is 1. The first-order valence-electron chi connectivity index (χ1n) is 5.61. The Morgan fingerprint density at radius 2 is 2.19 bits per heavy atom. The zero-order chi connectivity index (χ0) is 16.0. The molecule has 1 aromatic rings. The standard InChI is InChI=1S/C10H13N3O7S/c1-7(14)6-11-10(15)20-12-21(18,19)9-4-2-3-8(5-9)13(16)17/h2-5,7,12,14H,6H2,1H3,(H,11,15). The Labute approximate surface area is 119 Å². The number of hydrogen-bond donors (Lipinski definition) is 3. The van der Waals surface area contributed by atoms with Gasteiger partial charge in [0.1, 0.15) is 0 Å². The van der Waals surface area contributed by atoms with Crippen LogP contribution in [0.2, 0.25) is 0 Å². The van der Waals surface area contributed by atoms with Crippen molar-refractivity contribution < 1.29 is 28.1 Å². The Morgan fingerprint density at radius 3 is 2.76 bits per heavy atom. The first-order valence-corrected chi connectivity index (χ1v) is 7.09. The number of sulfonamides is 1. The van der Waals surface area contributed by atoms with Crippen LogP contribution in [0, 0.1) is 10.1 Å². The smallest absolute Gasteiger partial charge is 0.392 e. The highest BCUT2D eigenvalue weighted by atomic mass is 32.2. The van der Waals surface area contributed by atoms with E-state index >= 15 is 0 Å². The van der Waals surface area contributed by atoms with E-state index < -0.39 is 37.7 Å². The number of nitro benzene ring substituents is 1. The van der Waals surface area contributed by atoms with Crippen LogP contribution >= 0.6 is 0 Å². The van der Waals surface area contributed by atoms with Crippen LogP contribution in [0.15, 0.2) is 29.2 Å². The molecule has 1 atom stereocenters. The molecule has 21 heavy (non-hydrogen) atoms.